The fraction of sp³-hybridized carbons (Fsp3) is 0.409. The third kappa shape index (κ3) is 6.26. The van der Waals surface area contributed by atoms with Gasteiger partial charge in [0.25, 0.3) is 0 Å². The zero-order valence-electron chi connectivity index (χ0n) is 18.1. The summed E-state index contributed by atoms with van der Waals surface area (Å²) in [6, 6.07) is 4.86. The highest BCUT2D eigenvalue weighted by Gasteiger charge is 2.27. The monoisotopic (exact) mass is 476 g/mol. The predicted octanol–water partition coefficient (Wildman–Crippen LogP) is 2.24. The Morgan fingerprint density at radius 1 is 1.24 bits per heavy atom. The number of ether oxygens (including phenoxy) is 1. The summed E-state index contributed by atoms with van der Waals surface area (Å²) in [5.74, 6) is -0.604. The largest absolute Gasteiger partial charge is 0.490 e. The van der Waals surface area contributed by atoms with Crippen LogP contribution in [-0.2, 0) is 27.1 Å². The zero-order valence-corrected chi connectivity index (χ0v) is 18.9. The molecule has 9 nitrogen and oxygen atoms in total. The van der Waals surface area contributed by atoms with Crippen LogP contribution in [-0.4, -0.2) is 43.4 Å². The SMILES string of the molecule is C[C@@H](NS(=O)(=O)Cc1cncc(CN2CC(=O)NC2=O)c1)c1ccc(F)c(OCC2CC2)c1. The van der Waals surface area contributed by atoms with E-state index < -0.39 is 27.9 Å². The first-order valence-corrected chi connectivity index (χ1v) is 12.3. The molecule has 33 heavy (non-hydrogen) atoms. The second kappa shape index (κ2) is 9.44. The lowest BCUT2D eigenvalue weighted by atomic mass is 10.1. The van der Waals surface area contributed by atoms with E-state index in [-0.39, 0.29) is 30.5 Å². The summed E-state index contributed by atoms with van der Waals surface area (Å²) in [5, 5.41) is 2.19. The van der Waals surface area contributed by atoms with E-state index in [2.05, 4.69) is 15.0 Å². The van der Waals surface area contributed by atoms with Crippen LogP contribution in [0.1, 0.15) is 42.5 Å². The summed E-state index contributed by atoms with van der Waals surface area (Å²) in [6.07, 6.45) is 5.11. The van der Waals surface area contributed by atoms with Gasteiger partial charge in [-0.3, -0.25) is 15.1 Å². The number of carbonyl (C=O) groups is 2. The van der Waals surface area contributed by atoms with E-state index in [1.807, 2.05) is 0 Å². The van der Waals surface area contributed by atoms with Crippen LogP contribution in [0.5, 0.6) is 5.75 Å². The van der Waals surface area contributed by atoms with Crippen molar-refractivity contribution in [3.8, 4) is 5.75 Å². The minimum atomic E-state index is -3.76. The number of pyridine rings is 1. The summed E-state index contributed by atoms with van der Waals surface area (Å²) in [7, 11) is -3.76. The molecule has 1 aliphatic heterocycles. The molecule has 3 amide bonds. The van der Waals surface area contributed by atoms with Crippen LogP contribution in [0.2, 0.25) is 0 Å². The first-order valence-electron chi connectivity index (χ1n) is 10.6. The summed E-state index contributed by atoms with van der Waals surface area (Å²) in [4.78, 5) is 28.4. The Morgan fingerprint density at radius 2 is 2.00 bits per heavy atom. The number of imide groups is 1. The molecular formula is C22H25FN4O5S. The number of rotatable bonds is 10. The Balaban J connectivity index is 1.39. The van der Waals surface area contributed by atoms with E-state index in [4.69, 9.17) is 4.74 Å². The second-order valence-electron chi connectivity index (χ2n) is 8.45. The molecule has 2 aliphatic rings. The van der Waals surface area contributed by atoms with Crippen molar-refractivity contribution in [2.24, 2.45) is 5.92 Å². The fourth-order valence-corrected chi connectivity index (χ4v) is 4.88. The Bertz CT molecular complexity index is 1170. The molecule has 11 heteroatoms. The van der Waals surface area contributed by atoms with Crippen molar-refractivity contribution in [2.75, 3.05) is 13.2 Å². The van der Waals surface area contributed by atoms with Crippen molar-refractivity contribution in [1.82, 2.24) is 19.9 Å². The van der Waals surface area contributed by atoms with Gasteiger partial charge in [-0.15, -0.1) is 0 Å². The Kier molecular flexibility index (Phi) is 6.61. The van der Waals surface area contributed by atoms with Gasteiger partial charge in [0.2, 0.25) is 15.9 Å². The number of carbonyl (C=O) groups excluding carboxylic acids is 2. The van der Waals surface area contributed by atoms with E-state index in [0.717, 1.165) is 12.8 Å². The quantitative estimate of drug-likeness (QED) is 0.508. The molecule has 4 rings (SSSR count). The van der Waals surface area contributed by atoms with Gasteiger partial charge in [-0.2, -0.15) is 0 Å². The molecule has 1 aliphatic carbocycles. The van der Waals surface area contributed by atoms with E-state index in [9.17, 15) is 22.4 Å². The lowest BCUT2D eigenvalue weighted by molar-refractivity contribution is -0.118. The minimum Gasteiger partial charge on any atom is -0.490 e. The summed E-state index contributed by atoms with van der Waals surface area (Å²) < 4.78 is 47.7. The normalized spacial score (nSPS) is 17.2. The smallest absolute Gasteiger partial charge is 0.324 e. The zero-order chi connectivity index (χ0) is 23.6. The van der Waals surface area contributed by atoms with Crippen molar-refractivity contribution in [3.05, 3.63) is 59.2 Å². The van der Waals surface area contributed by atoms with Gasteiger partial charge in [-0.05, 0) is 60.6 Å². The fourth-order valence-electron chi connectivity index (χ4n) is 3.53. The van der Waals surface area contributed by atoms with Crippen molar-refractivity contribution >= 4 is 22.0 Å². The Labute approximate surface area is 191 Å². The molecule has 2 N–H and O–H groups in total. The minimum absolute atomic E-state index is 0.0511. The van der Waals surface area contributed by atoms with E-state index in [1.165, 1.54) is 35.5 Å². The number of sulfonamides is 1. The van der Waals surface area contributed by atoms with Crippen molar-refractivity contribution < 1.29 is 27.1 Å². The molecule has 1 saturated heterocycles. The molecule has 1 saturated carbocycles. The van der Waals surface area contributed by atoms with Gasteiger partial charge >= 0.3 is 6.03 Å². The molecule has 0 unspecified atom stereocenters. The highest BCUT2D eigenvalue weighted by atomic mass is 32.2. The average Bonchev–Trinajstić information content (AvgIpc) is 3.51. The lowest BCUT2D eigenvalue weighted by Crippen LogP contribution is -2.29. The maximum atomic E-state index is 14.0. The Hall–Kier alpha value is -3.05. The number of aromatic nitrogens is 1. The molecular weight excluding hydrogens is 451 g/mol. The third-order valence-corrected chi connectivity index (χ3v) is 6.86. The molecule has 176 valence electrons. The van der Waals surface area contributed by atoms with Gasteiger partial charge in [-0.25, -0.2) is 22.3 Å². The third-order valence-electron chi connectivity index (χ3n) is 5.43. The second-order valence-corrected chi connectivity index (χ2v) is 10.2. The van der Waals surface area contributed by atoms with Crippen LogP contribution in [0, 0.1) is 11.7 Å². The molecule has 2 aromatic rings. The highest BCUT2D eigenvalue weighted by molar-refractivity contribution is 7.88. The molecule has 1 aromatic heterocycles. The molecule has 0 radical (unpaired) electrons. The van der Waals surface area contributed by atoms with Crippen LogP contribution in [0.25, 0.3) is 0 Å². The first-order chi connectivity index (χ1) is 15.7. The average molecular weight is 477 g/mol. The number of urea groups is 1. The van der Waals surface area contributed by atoms with Crippen molar-refractivity contribution in [2.45, 2.75) is 38.1 Å². The molecule has 1 aromatic carbocycles. The summed E-state index contributed by atoms with van der Waals surface area (Å²) in [6.45, 7) is 2.22. The molecule has 2 heterocycles. The van der Waals surface area contributed by atoms with Gasteiger partial charge in [0, 0.05) is 25.0 Å². The maximum Gasteiger partial charge on any atom is 0.324 e. The molecule has 2 fully saturated rings. The molecule has 0 spiro atoms. The van der Waals surface area contributed by atoms with Gasteiger partial charge in [0.15, 0.2) is 11.6 Å². The maximum absolute atomic E-state index is 14.0. The van der Waals surface area contributed by atoms with Crippen LogP contribution in [0.15, 0.2) is 36.7 Å². The number of nitrogens with zero attached hydrogens (tertiary/aromatic N) is 2. The predicted molar refractivity (Wildman–Crippen MR) is 117 cm³/mol. The topological polar surface area (TPSA) is 118 Å². The first kappa shape index (κ1) is 23.1. The summed E-state index contributed by atoms with van der Waals surface area (Å²) >= 11 is 0. The standard InChI is InChI=1S/C22H25FN4O5S/c1-14(18-4-5-19(23)20(7-18)32-12-15-2-3-15)26-33(30,31)13-17-6-16(8-24-9-17)10-27-11-21(28)25-22(27)29/h4-9,14-15,26H,2-3,10-13H2,1H3,(H,25,28,29)/t14-/m1/s1. The summed E-state index contributed by atoms with van der Waals surface area (Å²) in [5.41, 5.74) is 1.63. The van der Waals surface area contributed by atoms with Crippen LogP contribution in [0.3, 0.4) is 0 Å². The number of hydrogen-bond acceptors (Lipinski definition) is 6. The van der Waals surface area contributed by atoms with Crippen LogP contribution in [0.4, 0.5) is 9.18 Å². The van der Waals surface area contributed by atoms with E-state index >= 15 is 0 Å². The van der Waals surface area contributed by atoms with E-state index in [0.29, 0.717) is 29.2 Å². The molecule has 1 atom stereocenters. The molecule has 0 bridgehead atoms. The highest BCUT2D eigenvalue weighted by Crippen LogP contribution is 2.31. The van der Waals surface area contributed by atoms with Crippen LogP contribution >= 0.6 is 0 Å². The number of benzene rings is 1. The van der Waals surface area contributed by atoms with E-state index in [1.54, 1.807) is 13.0 Å². The van der Waals surface area contributed by atoms with Crippen LogP contribution < -0.4 is 14.8 Å². The van der Waals surface area contributed by atoms with Gasteiger partial charge in [0.1, 0.15) is 6.54 Å². The van der Waals surface area contributed by atoms with Gasteiger partial charge < -0.3 is 9.64 Å². The van der Waals surface area contributed by atoms with Crippen molar-refractivity contribution in [3.63, 3.8) is 0 Å². The number of hydrogen-bond donors (Lipinski definition) is 2. The van der Waals surface area contributed by atoms with Gasteiger partial charge in [-0.1, -0.05) is 6.07 Å². The number of amides is 3. The lowest BCUT2D eigenvalue weighted by Gasteiger charge is -2.17. The Morgan fingerprint density at radius 3 is 2.70 bits per heavy atom. The van der Waals surface area contributed by atoms with Gasteiger partial charge in [0.05, 0.1) is 12.4 Å². The number of halogens is 1. The number of nitrogens with one attached hydrogen (secondary N) is 2. The van der Waals surface area contributed by atoms with Crippen molar-refractivity contribution in [1.29, 1.82) is 0 Å².